The van der Waals surface area contributed by atoms with Crippen LogP contribution in [0.2, 0.25) is 0 Å². The Bertz CT molecular complexity index is 987. The molecule has 0 N–H and O–H groups in total. The van der Waals surface area contributed by atoms with E-state index in [0.717, 1.165) is 6.42 Å². The van der Waals surface area contributed by atoms with Gasteiger partial charge in [-0.05, 0) is 33.8 Å². The van der Waals surface area contributed by atoms with Crippen LogP contribution in [0.3, 0.4) is 0 Å². The van der Waals surface area contributed by atoms with Crippen LogP contribution in [0.15, 0.2) is 114 Å². The minimum absolute atomic E-state index is 0.0461. The molecule has 0 saturated carbocycles. The van der Waals surface area contributed by atoms with Gasteiger partial charge in [0.1, 0.15) is 0 Å². The molecule has 3 aromatic carbocycles. The van der Waals surface area contributed by atoms with Crippen molar-refractivity contribution in [2.45, 2.75) is 33.0 Å². The minimum Gasteiger partial charge on any atom is -0.398 e. The van der Waals surface area contributed by atoms with Gasteiger partial charge in [0.15, 0.2) is 0 Å². The summed E-state index contributed by atoms with van der Waals surface area (Å²) in [4.78, 5) is 0. The van der Waals surface area contributed by atoms with Crippen LogP contribution in [0.5, 0.6) is 0 Å². The molecule has 1 aliphatic heterocycles. The van der Waals surface area contributed by atoms with Gasteiger partial charge in [0.2, 0.25) is 0 Å². The lowest BCUT2D eigenvalue weighted by Crippen LogP contribution is -2.62. The summed E-state index contributed by atoms with van der Waals surface area (Å²) < 4.78 is 13.2. The number of rotatable bonds is 8. The van der Waals surface area contributed by atoms with Gasteiger partial charge in [-0.1, -0.05) is 123 Å². The first-order valence-electron chi connectivity index (χ1n) is 11.5. The van der Waals surface area contributed by atoms with E-state index in [9.17, 15) is 0 Å². The fourth-order valence-electron chi connectivity index (χ4n) is 4.19. The van der Waals surface area contributed by atoms with Gasteiger partial charge in [0, 0.05) is 0 Å². The molecule has 0 amide bonds. The average molecular weight is 441 g/mol. The molecule has 0 spiro atoms. The third-order valence-electron chi connectivity index (χ3n) is 5.72. The zero-order chi connectivity index (χ0) is 22.2. The summed E-state index contributed by atoms with van der Waals surface area (Å²) in [6, 6.07) is 31.8. The molecule has 164 valence electrons. The van der Waals surface area contributed by atoms with E-state index in [0.29, 0.717) is 19.1 Å². The Morgan fingerprint density at radius 2 is 1.41 bits per heavy atom. The third-order valence-corrected chi connectivity index (χ3v) is 9.59. The molecule has 3 aromatic rings. The molecular formula is C29H32O2Si. The van der Waals surface area contributed by atoms with E-state index in [2.05, 4.69) is 117 Å². The van der Waals surface area contributed by atoms with Crippen LogP contribution in [0.4, 0.5) is 0 Å². The second kappa shape index (κ2) is 10.7. The predicted octanol–water partition coefficient (Wildman–Crippen LogP) is 5.43. The van der Waals surface area contributed by atoms with Crippen LogP contribution in [0, 0.1) is 5.92 Å². The summed E-state index contributed by atoms with van der Waals surface area (Å²) >= 11 is 0. The molecule has 1 heterocycles. The van der Waals surface area contributed by atoms with Gasteiger partial charge in [-0.2, -0.15) is 0 Å². The summed E-state index contributed by atoms with van der Waals surface area (Å²) in [5.41, 5.74) is 4.94. The second-order valence-electron chi connectivity index (χ2n) is 8.74. The highest BCUT2D eigenvalue weighted by Crippen LogP contribution is 2.26. The Morgan fingerprint density at radius 3 is 1.97 bits per heavy atom. The van der Waals surface area contributed by atoms with Gasteiger partial charge in [-0.15, -0.1) is 0 Å². The average Bonchev–Trinajstić information content (AvgIpc) is 2.84. The van der Waals surface area contributed by atoms with Crippen molar-refractivity contribution in [3.8, 4) is 0 Å². The Kier molecular flexibility index (Phi) is 7.54. The van der Waals surface area contributed by atoms with Gasteiger partial charge in [-0.25, -0.2) is 0 Å². The van der Waals surface area contributed by atoms with Crippen molar-refractivity contribution in [1.82, 2.24) is 0 Å². The van der Waals surface area contributed by atoms with Crippen molar-refractivity contribution < 1.29 is 9.16 Å². The maximum Gasteiger partial charge on any atom is 0.281 e. The highest BCUT2D eigenvalue weighted by molar-refractivity contribution is 7.01. The molecule has 2 nitrogen and oxygen atoms in total. The van der Waals surface area contributed by atoms with E-state index in [1.54, 1.807) is 0 Å². The molecule has 0 radical (unpaired) electrons. The lowest BCUT2D eigenvalue weighted by atomic mass is 10.1. The van der Waals surface area contributed by atoms with E-state index < -0.39 is 8.32 Å². The number of benzene rings is 3. The van der Waals surface area contributed by atoms with Crippen molar-refractivity contribution in [1.29, 1.82) is 0 Å². The van der Waals surface area contributed by atoms with Gasteiger partial charge in [-0.3, -0.25) is 0 Å². The smallest absolute Gasteiger partial charge is 0.281 e. The lowest BCUT2D eigenvalue weighted by molar-refractivity contribution is 0.133. The number of hydrogen-bond acceptors (Lipinski definition) is 2. The molecule has 0 aromatic heterocycles. The van der Waals surface area contributed by atoms with E-state index in [4.69, 9.17) is 9.16 Å². The van der Waals surface area contributed by atoms with Crippen molar-refractivity contribution >= 4 is 18.7 Å². The molecule has 1 atom stereocenters. The van der Waals surface area contributed by atoms with Crippen molar-refractivity contribution in [3.05, 3.63) is 120 Å². The first-order valence-corrected chi connectivity index (χ1v) is 13.4. The van der Waals surface area contributed by atoms with Gasteiger partial charge in [0.25, 0.3) is 8.32 Å². The van der Waals surface area contributed by atoms with E-state index >= 15 is 0 Å². The molecule has 1 unspecified atom stereocenters. The maximum atomic E-state index is 7.01. The summed E-state index contributed by atoms with van der Waals surface area (Å²) in [5.74, 6) is 0.492. The minimum atomic E-state index is -2.56. The van der Waals surface area contributed by atoms with E-state index in [-0.39, 0.29) is 6.10 Å². The largest absolute Gasteiger partial charge is 0.398 e. The molecule has 3 heteroatoms. The predicted molar refractivity (Wildman–Crippen MR) is 136 cm³/mol. The first-order chi connectivity index (χ1) is 15.7. The molecule has 4 rings (SSSR count). The number of ether oxygens (including phenoxy) is 1. The lowest BCUT2D eigenvalue weighted by Gasteiger charge is -2.38. The fraction of sp³-hybridized carbons (Fsp3) is 0.241. The van der Waals surface area contributed by atoms with Crippen molar-refractivity contribution in [2.75, 3.05) is 6.61 Å². The highest BCUT2D eigenvalue weighted by atomic mass is 28.4. The Morgan fingerprint density at radius 1 is 0.844 bits per heavy atom. The summed E-state index contributed by atoms with van der Waals surface area (Å²) in [6.45, 7) is 5.66. The SMILES string of the molecule is CC(C)/C=C\C1CC(COCc2ccccc2)=C[Si](c2ccccc2)(c2ccccc2)O1. The zero-order valence-corrected chi connectivity index (χ0v) is 20.0. The Balaban J connectivity index is 1.69. The molecule has 0 aliphatic carbocycles. The molecule has 0 saturated heterocycles. The van der Waals surface area contributed by atoms with Crippen LogP contribution >= 0.6 is 0 Å². The van der Waals surface area contributed by atoms with Crippen LogP contribution in [0.1, 0.15) is 25.8 Å². The highest BCUT2D eigenvalue weighted by Gasteiger charge is 2.42. The Labute approximate surface area is 193 Å². The normalized spacial score (nSPS) is 18.1. The molecule has 0 bridgehead atoms. The van der Waals surface area contributed by atoms with E-state index in [1.807, 2.05) is 6.07 Å². The van der Waals surface area contributed by atoms with Crippen molar-refractivity contribution in [2.24, 2.45) is 5.92 Å². The number of hydrogen-bond donors (Lipinski definition) is 0. The zero-order valence-electron chi connectivity index (χ0n) is 19.0. The Hall–Kier alpha value is -2.72. The quantitative estimate of drug-likeness (QED) is 0.343. The summed E-state index contributed by atoms with van der Waals surface area (Å²) in [6.07, 6.45) is 5.42. The van der Waals surface area contributed by atoms with Crippen LogP contribution in [0.25, 0.3) is 0 Å². The summed E-state index contributed by atoms with van der Waals surface area (Å²) in [7, 11) is -2.56. The fourth-order valence-corrected chi connectivity index (χ4v) is 7.99. The molecule has 32 heavy (non-hydrogen) atoms. The topological polar surface area (TPSA) is 18.5 Å². The van der Waals surface area contributed by atoms with Crippen molar-refractivity contribution in [3.63, 3.8) is 0 Å². The third kappa shape index (κ3) is 5.55. The monoisotopic (exact) mass is 440 g/mol. The van der Waals surface area contributed by atoms with Crippen LogP contribution < -0.4 is 10.4 Å². The number of allylic oxidation sites excluding steroid dienone is 1. The van der Waals surface area contributed by atoms with Gasteiger partial charge in [0.05, 0.1) is 19.3 Å². The van der Waals surface area contributed by atoms with Crippen LogP contribution in [-0.4, -0.2) is 21.0 Å². The maximum absolute atomic E-state index is 7.01. The first kappa shape index (κ1) is 22.5. The molecule has 1 aliphatic rings. The van der Waals surface area contributed by atoms with E-state index in [1.165, 1.54) is 21.5 Å². The van der Waals surface area contributed by atoms with Gasteiger partial charge < -0.3 is 9.16 Å². The molecular weight excluding hydrogens is 408 g/mol. The van der Waals surface area contributed by atoms with Crippen LogP contribution in [-0.2, 0) is 15.8 Å². The van der Waals surface area contributed by atoms with Gasteiger partial charge >= 0.3 is 0 Å². The second-order valence-corrected chi connectivity index (χ2v) is 11.9. The standard InChI is InChI=1S/C29H32O2Si/c1-24(2)18-19-27-20-26(22-30-21-25-12-6-3-7-13-25)23-32(31-27,28-14-8-4-9-15-28)29-16-10-5-11-17-29/h3-19,23-24,27H,20-22H2,1-2H3/b19-18-. The summed E-state index contributed by atoms with van der Waals surface area (Å²) in [5, 5.41) is 2.55. The molecule has 0 fully saturated rings.